The fourth-order valence-electron chi connectivity index (χ4n) is 4.41. The van der Waals surface area contributed by atoms with Crippen LogP contribution < -0.4 is 10.6 Å². The van der Waals surface area contributed by atoms with E-state index in [4.69, 9.17) is 0 Å². The Balaban J connectivity index is 1.94. The highest BCUT2D eigenvalue weighted by molar-refractivity contribution is 5.75. The zero-order valence-corrected chi connectivity index (χ0v) is 20.9. The monoisotopic (exact) mass is 435 g/mol. The molecule has 0 aromatic heterocycles. The van der Waals surface area contributed by atoms with Gasteiger partial charge in [-0.15, -0.1) is 0 Å². The smallest absolute Gasteiger partial charge is 0.220 e. The maximum Gasteiger partial charge on any atom is 0.220 e. The van der Waals surface area contributed by atoms with Gasteiger partial charge in [-0.1, -0.05) is 110 Å². The van der Waals surface area contributed by atoms with E-state index in [9.17, 15) is 4.79 Å². The molecule has 1 amide bonds. The van der Waals surface area contributed by atoms with E-state index in [0.717, 1.165) is 19.5 Å². The topological polar surface area (TPSA) is 44.4 Å². The van der Waals surface area contributed by atoms with Crippen molar-refractivity contribution in [1.29, 1.82) is 0 Å². The molecule has 0 fully saturated rings. The fourth-order valence-corrected chi connectivity index (χ4v) is 4.41. The van der Waals surface area contributed by atoms with Gasteiger partial charge in [-0.3, -0.25) is 4.79 Å². The molecule has 1 rings (SSSR count). The summed E-state index contributed by atoms with van der Waals surface area (Å²) in [4.78, 5) is 14.4. The van der Waals surface area contributed by atoms with Crippen molar-refractivity contribution >= 4 is 5.91 Å². The molecule has 1 atom stereocenters. The number of rotatable bonds is 22. The van der Waals surface area contributed by atoms with Gasteiger partial charge in [-0.25, -0.2) is 0 Å². The van der Waals surface area contributed by atoms with E-state index < -0.39 is 0 Å². The first-order valence-electron chi connectivity index (χ1n) is 13.7. The van der Waals surface area contributed by atoms with Gasteiger partial charge in [-0.05, 0) is 19.3 Å². The predicted octanol–water partition coefficient (Wildman–Crippen LogP) is 7.26. The molecular weight excluding hydrogens is 382 g/mol. The lowest BCUT2D eigenvalue weighted by molar-refractivity contribution is -0.121. The van der Waals surface area contributed by atoms with Crippen LogP contribution in [-0.4, -0.2) is 30.1 Å². The average Bonchev–Trinajstić information content (AvgIpc) is 3.21. The van der Waals surface area contributed by atoms with Crippen LogP contribution in [0.4, 0.5) is 0 Å². The number of nitrogens with zero attached hydrogens (tertiary/aromatic N) is 1. The highest BCUT2D eigenvalue weighted by atomic mass is 16.1. The first-order valence-corrected chi connectivity index (χ1v) is 13.7. The predicted molar refractivity (Wildman–Crippen MR) is 135 cm³/mol. The van der Waals surface area contributed by atoms with Crippen LogP contribution >= 0.6 is 0 Å². The maximum atomic E-state index is 12.1. The van der Waals surface area contributed by atoms with Crippen molar-refractivity contribution in [3.8, 4) is 0 Å². The van der Waals surface area contributed by atoms with Gasteiger partial charge < -0.3 is 15.5 Å². The molecule has 0 radical (unpaired) electrons. The molecule has 4 nitrogen and oxygen atoms in total. The summed E-state index contributed by atoms with van der Waals surface area (Å²) >= 11 is 0. The Kier molecular flexibility index (Phi) is 18.6. The van der Waals surface area contributed by atoms with Crippen LogP contribution in [0.25, 0.3) is 0 Å². The van der Waals surface area contributed by atoms with E-state index in [1.165, 1.54) is 109 Å². The third kappa shape index (κ3) is 16.1. The molecule has 1 heterocycles. The van der Waals surface area contributed by atoms with Crippen LogP contribution in [0.1, 0.15) is 136 Å². The van der Waals surface area contributed by atoms with Crippen molar-refractivity contribution in [2.45, 2.75) is 142 Å². The fraction of sp³-hybridized carbons (Fsp3) is 0.889. The molecule has 1 aliphatic heterocycles. The Hall–Kier alpha value is -1.19. The van der Waals surface area contributed by atoms with Crippen LogP contribution in [0, 0.1) is 0 Å². The summed E-state index contributed by atoms with van der Waals surface area (Å²) in [7, 11) is 0. The Bertz CT molecular complexity index is 438. The lowest BCUT2D eigenvalue weighted by atomic mass is 10.1. The number of nitrogens with one attached hydrogen (secondary N) is 2. The van der Waals surface area contributed by atoms with Crippen LogP contribution in [-0.2, 0) is 4.79 Å². The van der Waals surface area contributed by atoms with Crippen molar-refractivity contribution in [1.82, 2.24) is 15.5 Å². The number of amides is 1. The Morgan fingerprint density at radius 3 is 1.87 bits per heavy atom. The first kappa shape index (κ1) is 27.8. The molecule has 1 aliphatic rings. The van der Waals surface area contributed by atoms with Gasteiger partial charge in [0.25, 0.3) is 0 Å². The highest BCUT2D eigenvalue weighted by Crippen LogP contribution is 2.15. The number of carbonyl (C=O) groups is 1. The summed E-state index contributed by atoms with van der Waals surface area (Å²) in [6.45, 7) is 6.18. The van der Waals surface area contributed by atoms with E-state index in [0.29, 0.717) is 12.6 Å². The molecule has 0 bridgehead atoms. The lowest BCUT2D eigenvalue weighted by Gasteiger charge is -2.25. The maximum absolute atomic E-state index is 12.1. The molecule has 31 heavy (non-hydrogen) atoms. The molecule has 0 aromatic rings. The summed E-state index contributed by atoms with van der Waals surface area (Å²) < 4.78 is 0. The molecule has 0 saturated carbocycles. The molecule has 0 aliphatic carbocycles. The van der Waals surface area contributed by atoms with Gasteiger partial charge in [0, 0.05) is 31.9 Å². The van der Waals surface area contributed by atoms with Crippen molar-refractivity contribution in [3.63, 3.8) is 0 Å². The zero-order valence-electron chi connectivity index (χ0n) is 20.9. The molecule has 0 spiro atoms. The van der Waals surface area contributed by atoms with Crippen LogP contribution in [0.5, 0.6) is 0 Å². The minimum absolute atomic E-state index is 0.221. The van der Waals surface area contributed by atoms with Gasteiger partial charge in [0.05, 0.1) is 6.17 Å². The van der Waals surface area contributed by atoms with Gasteiger partial charge in [-0.2, -0.15) is 0 Å². The van der Waals surface area contributed by atoms with Crippen molar-refractivity contribution in [3.05, 3.63) is 12.4 Å². The van der Waals surface area contributed by atoms with Gasteiger partial charge in [0.15, 0.2) is 0 Å². The third-order valence-corrected chi connectivity index (χ3v) is 6.49. The lowest BCUT2D eigenvalue weighted by Crippen LogP contribution is -2.40. The summed E-state index contributed by atoms with van der Waals surface area (Å²) in [5, 5.41) is 6.58. The Morgan fingerprint density at radius 2 is 1.29 bits per heavy atom. The van der Waals surface area contributed by atoms with Gasteiger partial charge in [0.2, 0.25) is 5.91 Å². The standard InChI is InChI=1S/C27H53N3O/c1-3-5-7-9-11-13-15-17-19-21-27(31)29-23-25-30-24-22-28-26(30)20-18-16-14-12-10-8-6-4-2/h22,24,26,28H,3-21,23,25H2,1-2H3,(H,29,31). The number of hydrogen-bond acceptors (Lipinski definition) is 3. The molecular formula is C27H53N3O. The zero-order chi connectivity index (χ0) is 22.4. The number of unbranched alkanes of at least 4 members (excludes halogenated alkanes) is 15. The molecule has 2 N–H and O–H groups in total. The largest absolute Gasteiger partial charge is 0.370 e. The Morgan fingerprint density at radius 1 is 0.774 bits per heavy atom. The van der Waals surface area contributed by atoms with E-state index in [-0.39, 0.29) is 5.91 Å². The minimum Gasteiger partial charge on any atom is -0.370 e. The van der Waals surface area contributed by atoms with E-state index in [1.54, 1.807) is 0 Å². The second-order valence-electron chi connectivity index (χ2n) is 9.43. The Labute approximate surface area is 194 Å². The van der Waals surface area contributed by atoms with Crippen LogP contribution in [0.15, 0.2) is 12.4 Å². The summed E-state index contributed by atoms with van der Waals surface area (Å²) in [5.74, 6) is 0.221. The van der Waals surface area contributed by atoms with Crippen molar-refractivity contribution in [2.24, 2.45) is 0 Å². The van der Waals surface area contributed by atoms with Crippen LogP contribution in [0.2, 0.25) is 0 Å². The molecule has 0 saturated heterocycles. The van der Waals surface area contributed by atoms with E-state index in [2.05, 4.69) is 41.8 Å². The van der Waals surface area contributed by atoms with E-state index in [1.807, 2.05) is 0 Å². The van der Waals surface area contributed by atoms with Crippen molar-refractivity contribution < 1.29 is 4.79 Å². The minimum atomic E-state index is 0.221. The van der Waals surface area contributed by atoms with Gasteiger partial charge in [0.1, 0.15) is 0 Å². The highest BCUT2D eigenvalue weighted by Gasteiger charge is 2.17. The SMILES string of the molecule is CCCCCCCCCCCC(=O)NCCN1C=CNC1CCCCCCCCCC. The van der Waals surface area contributed by atoms with Crippen molar-refractivity contribution in [2.75, 3.05) is 13.1 Å². The third-order valence-electron chi connectivity index (χ3n) is 6.49. The number of hydrogen-bond donors (Lipinski definition) is 2. The number of carbonyl (C=O) groups excluding carboxylic acids is 1. The van der Waals surface area contributed by atoms with Gasteiger partial charge >= 0.3 is 0 Å². The molecule has 1 unspecified atom stereocenters. The second kappa shape index (κ2) is 20.7. The molecule has 182 valence electrons. The molecule has 4 heteroatoms. The summed E-state index contributed by atoms with van der Waals surface area (Å²) in [6, 6.07) is 0. The van der Waals surface area contributed by atoms with E-state index >= 15 is 0 Å². The quantitative estimate of drug-likeness (QED) is 0.176. The molecule has 0 aromatic carbocycles. The average molecular weight is 436 g/mol. The summed E-state index contributed by atoms with van der Waals surface area (Å²) in [5.41, 5.74) is 0. The van der Waals surface area contributed by atoms with Crippen LogP contribution in [0.3, 0.4) is 0 Å². The second-order valence-corrected chi connectivity index (χ2v) is 9.43. The first-order chi connectivity index (χ1) is 15.3. The summed E-state index contributed by atoms with van der Waals surface area (Å²) in [6.07, 6.45) is 29.1. The normalized spacial score (nSPS) is 15.4.